The van der Waals surface area contributed by atoms with E-state index >= 15 is 0 Å². The summed E-state index contributed by atoms with van der Waals surface area (Å²) in [5, 5.41) is 0. The molecule has 0 aromatic heterocycles. The van der Waals surface area contributed by atoms with Crippen molar-refractivity contribution in [1.82, 2.24) is 0 Å². The van der Waals surface area contributed by atoms with E-state index in [-0.39, 0.29) is 14.8 Å². The Morgan fingerprint density at radius 3 is 1.23 bits per heavy atom. The van der Waals surface area contributed by atoms with Crippen LogP contribution in [0.1, 0.15) is 34.1 Å². The molecule has 202 valence electrons. The second-order valence-corrected chi connectivity index (χ2v) is 6.75. The molecule has 0 saturated carbocycles. The molecule has 0 atom stereocenters. The third-order valence-electron chi connectivity index (χ3n) is 3.42. The summed E-state index contributed by atoms with van der Waals surface area (Å²) in [6.07, 6.45) is -30.8. The molecule has 0 aromatic carbocycles. The van der Waals surface area contributed by atoms with Crippen molar-refractivity contribution in [2.75, 3.05) is 0 Å². The minimum absolute atomic E-state index is 0. The number of esters is 2. The van der Waals surface area contributed by atoms with Gasteiger partial charge in [-0.2, -0.15) is 52.7 Å². The number of carbonyl (C=O) groups excluding carboxylic acids is 2. The molecule has 0 aliphatic heterocycles. The van der Waals surface area contributed by atoms with Crippen molar-refractivity contribution in [2.45, 2.75) is 71.0 Å². The van der Waals surface area contributed by atoms with Crippen LogP contribution in [0.5, 0.6) is 0 Å². The van der Waals surface area contributed by atoms with Crippen molar-refractivity contribution in [3.8, 4) is 0 Å². The normalized spacial score (nSPS) is 12.4. The Morgan fingerprint density at radius 1 is 0.771 bits per heavy atom. The van der Waals surface area contributed by atoms with E-state index < -0.39 is 59.8 Å². The third-order valence-corrected chi connectivity index (χ3v) is 3.42. The van der Waals surface area contributed by atoms with Crippen LogP contribution in [0.3, 0.4) is 0 Å². The number of alkyl halides is 12. The van der Waals surface area contributed by atoms with E-state index in [0.717, 1.165) is 6.92 Å². The van der Waals surface area contributed by atoms with Crippen molar-refractivity contribution in [3.05, 3.63) is 12.2 Å². The zero-order valence-electron chi connectivity index (χ0n) is 18.4. The standard InChI is InChI=1S/C9H12F6O2.C7H6F6O2.Al.B.HN/c1-4-7(2,3)6(16)17-5(8(10,11)12)9(13,14)15;1-3(2)4(14)15-5(6(8,9)10)7(11,12)13;;;/h5H,4H2,1-3H3;5H,1H2,2H3;;;1H. The molecule has 0 amide bonds. The van der Waals surface area contributed by atoms with E-state index in [9.17, 15) is 62.3 Å². The zero-order chi connectivity index (χ0) is 28.5. The molecule has 0 aliphatic carbocycles. The summed E-state index contributed by atoms with van der Waals surface area (Å²) < 4.78 is 156. The van der Waals surface area contributed by atoms with Crippen LogP contribution >= 0.6 is 0 Å². The molecule has 0 fully saturated rings. The fraction of sp³-hybridized carbons (Fsp3) is 0.750. The van der Waals surface area contributed by atoms with Gasteiger partial charge in [-0.1, -0.05) is 13.5 Å². The van der Waals surface area contributed by atoms with E-state index in [1.807, 2.05) is 0 Å². The second kappa shape index (κ2) is 14.7. The van der Waals surface area contributed by atoms with Gasteiger partial charge in [0.2, 0.25) is 0 Å². The van der Waals surface area contributed by atoms with Crippen LogP contribution in [0, 0.1) is 9.76 Å². The van der Waals surface area contributed by atoms with Gasteiger partial charge in [0.05, 0.1) is 5.41 Å². The van der Waals surface area contributed by atoms with E-state index in [1.54, 1.807) is 16.1 Å². The second-order valence-electron chi connectivity index (χ2n) is 6.75. The summed E-state index contributed by atoms with van der Waals surface area (Å²) in [4.78, 5) is 21.7. The minimum atomic E-state index is -5.69. The first-order chi connectivity index (χ1) is 14.8. The molecular weight excluding hydrogens is 536 g/mol. The Labute approximate surface area is 201 Å². The number of hydrogen-bond donors (Lipinski definition) is 1. The van der Waals surface area contributed by atoms with Gasteiger partial charge < -0.3 is 9.47 Å². The van der Waals surface area contributed by atoms with Gasteiger partial charge in [-0.25, -0.2) is 4.79 Å². The van der Waals surface area contributed by atoms with Gasteiger partial charge in [0.25, 0.3) is 12.2 Å². The van der Waals surface area contributed by atoms with Crippen molar-refractivity contribution < 1.29 is 71.7 Å². The maximum absolute atomic E-state index is 12.1. The topological polar surface area (TPSA) is 76.5 Å². The van der Waals surface area contributed by atoms with Crippen LogP contribution in [0.25, 0.3) is 0 Å². The van der Waals surface area contributed by atoms with Gasteiger partial charge in [0.15, 0.2) is 0 Å². The molecule has 4 radical (unpaired) electrons. The number of carbonyl (C=O) groups is 2. The molecule has 1 N–H and O–H groups in total. The van der Waals surface area contributed by atoms with Crippen molar-refractivity contribution >= 4 is 36.4 Å². The molecular formula is C16H19AlBF12NO4. The first-order valence-corrected chi connectivity index (χ1v) is 8.99. The Kier molecular flexibility index (Phi) is 17.0. The summed E-state index contributed by atoms with van der Waals surface area (Å²) in [6.45, 7) is 7.67. The van der Waals surface area contributed by atoms with Gasteiger partial charge in [0, 0.05) is 14.0 Å². The Hall–Kier alpha value is -1.76. The summed E-state index contributed by atoms with van der Waals surface area (Å²) in [5.74, 6) is -3.27. The molecule has 5 nitrogen and oxygen atoms in total. The Bertz CT molecular complexity index is 662. The fourth-order valence-electron chi connectivity index (χ4n) is 1.26. The summed E-state index contributed by atoms with van der Waals surface area (Å²) >= 11 is 1.67. The molecule has 0 heterocycles. The van der Waals surface area contributed by atoms with Crippen LogP contribution < -0.4 is 0 Å². The van der Waals surface area contributed by atoms with Gasteiger partial charge >= 0.3 is 57.1 Å². The van der Waals surface area contributed by atoms with E-state index in [4.69, 9.17) is 4.35 Å². The monoisotopic (exact) mass is 555 g/mol. The number of rotatable bonds is 5. The van der Waals surface area contributed by atoms with E-state index in [1.165, 1.54) is 20.8 Å². The van der Waals surface area contributed by atoms with Crippen molar-refractivity contribution in [3.63, 3.8) is 0 Å². The van der Waals surface area contributed by atoms with Gasteiger partial charge in [-0.3, -0.25) is 4.79 Å². The maximum atomic E-state index is 12.1. The first-order valence-electron chi connectivity index (χ1n) is 8.41. The molecule has 19 heteroatoms. The summed E-state index contributed by atoms with van der Waals surface area (Å²) in [6, 6.07) is 0. The summed E-state index contributed by atoms with van der Waals surface area (Å²) in [5.41, 5.74) is -1.94. The molecule has 0 unspecified atom stereocenters. The number of hydrogen-bond acceptors (Lipinski definition) is 5. The quantitative estimate of drug-likeness (QED) is 0.208. The molecule has 0 spiro atoms. The Morgan fingerprint density at radius 2 is 1.03 bits per heavy atom. The zero-order valence-corrected chi connectivity index (χ0v) is 19.5. The SMILES string of the molecule is C=C(C)C(=O)OC(C(F)(F)F)C(F)(F)F.CCC(C)(C)C(=O)OC(C(F)(F)F)C(F)(F)F.[B].[NH]=[Al]. The van der Waals surface area contributed by atoms with Gasteiger partial charge in [-0.05, 0) is 27.2 Å². The molecule has 0 aromatic rings. The van der Waals surface area contributed by atoms with Crippen molar-refractivity contribution in [1.29, 1.82) is 4.35 Å². The third kappa shape index (κ3) is 15.8. The van der Waals surface area contributed by atoms with Gasteiger partial charge in [0.1, 0.15) is 0 Å². The van der Waals surface area contributed by atoms with E-state index in [2.05, 4.69) is 16.1 Å². The van der Waals surface area contributed by atoms with Crippen LogP contribution in [0.2, 0.25) is 0 Å². The predicted molar refractivity (Wildman–Crippen MR) is 97.1 cm³/mol. The van der Waals surface area contributed by atoms with Crippen LogP contribution in [0.4, 0.5) is 52.7 Å². The molecule has 0 bridgehead atoms. The Balaban J connectivity index is -0.000000251. The number of nitrogens with one attached hydrogen (secondary N) is 1. The van der Waals surface area contributed by atoms with Gasteiger partial charge in [-0.15, -0.1) is 0 Å². The average molecular weight is 555 g/mol. The molecule has 0 saturated heterocycles. The fourth-order valence-corrected chi connectivity index (χ4v) is 1.26. The number of halogens is 12. The molecule has 0 rings (SSSR count). The first kappa shape index (κ1) is 40.4. The van der Waals surface area contributed by atoms with Crippen LogP contribution in [0.15, 0.2) is 12.2 Å². The van der Waals surface area contributed by atoms with Crippen molar-refractivity contribution in [2.24, 2.45) is 5.41 Å². The molecule has 35 heavy (non-hydrogen) atoms. The van der Waals surface area contributed by atoms with Crippen LogP contribution in [-0.2, 0) is 19.1 Å². The predicted octanol–water partition coefficient (Wildman–Crippen LogP) is 5.59. The average Bonchev–Trinajstić information content (AvgIpc) is 2.61. The molecule has 0 aliphatic rings. The van der Waals surface area contributed by atoms with Crippen LogP contribution in [-0.4, -0.2) is 73.4 Å². The number of ether oxygens (including phenoxy) is 2. The summed E-state index contributed by atoms with van der Waals surface area (Å²) in [7, 11) is 0. The van der Waals surface area contributed by atoms with E-state index in [0.29, 0.717) is 0 Å².